The first-order valence-electron chi connectivity index (χ1n) is 8.71. The Morgan fingerprint density at radius 2 is 1.96 bits per heavy atom. The zero-order chi connectivity index (χ0) is 19.1. The van der Waals surface area contributed by atoms with E-state index in [4.69, 9.17) is 4.74 Å². The van der Waals surface area contributed by atoms with Gasteiger partial charge in [-0.2, -0.15) is 0 Å². The molecule has 0 fully saturated rings. The SMILES string of the molecule is CCCOc1ccccc1/C=C/C(=O)Nc1ccc(-c2nnnn2C)cc1. The van der Waals surface area contributed by atoms with Crippen molar-refractivity contribution in [2.75, 3.05) is 11.9 Å². The second-order valence-corrected chi connectivity index (χ2v) is 5.91. The number of nitrogens with zero attached hydrogens (tertiary/aromatic N) is 4. The molecule has 1 amide bonds. The van der Waals surface area contributed by atoms with Crippen molar-refractivity contribution in [2.45, 2.75) is 13.3 Å². The average Bonchev–Trinajstić information content (AvgIpc) is 3.12. The molecule has 0 saturated carbocycles. The Morgan fingerprint density at radius 3 is 2.67 bits per heavy atom. The predicted molar refractivity (Wildman–Crippen MR) is 104 cm³/mol. The summed E-state index contributed by atoms with van der Waals surface area (Å²) >= 11 is 0. The van der Waals surface area contributed by atoms with Crippen molar-refractivity contribution in [3.05, 3.63) is 60.2 Å². The number of hydrogen-bond acceptors (Lipinski definition) is 5. The molecular weight excluding hydrogens is 342 g/mol. The van der Waals surface area contributed by atoms with Gasteiger partial charge in [-0.05, 0) is 53.3 Å². The second kappa shape index (κ2) is 8.75. The summed E-state index contributed by atoms with van der Waals surface area (Å²) < 4.78 is 7.29. The highest BCUT2D eigenvalue weighted by Gasteiger charge is 2.06. The molecule has 2 aromatic carbocycles. The highest BCUT2D eigenvalue weighted by atomic mass is 16.5. The lowest BCUT2D eigenvalue weighted by atomic mass is 10.1. The number of ether oxygens (including phenoxy) is 1. The molecule has 0 atom stereocenters. The number of amides is 1. The van der Waals surface area contributed by atoms with Crippen molar-refractivity contribution >= 4 is 17.7 Å². The fourth-order valence-electron chi connectivity index (χ4n) is 2.49. The Balaban J connectivity index is 1.64. The maximum Gasteiger partial charge on any atom is 0.248 e. The van der Waals surface area contributed by atoms with Gasteiger partial charge in [0.1, 0.15) is 5.75 Å². The first-order chi connectivity index (χ1) is 13.2. The van der Waals surface area contributed by atoms with Crippen LogP contribution in [0.5, 0.6) is 5.75 Å². The summed E-state index contributed by atoms with van der Waals surface area (Å²) in [6.45, 7) is 2.70. The largest absolute Gasteiger partial charge is 0.493 e. The van der Waals surface area contributed by atoms with Crippen LogP contribution >= 0.6 is 0 Å². The molecule has 7 heteroatoms. The fourth-order valence-corrected chi connectivity index (χ4v) is 2.49. The summed E-state index contributed by atoms with van der Waals surface area (Å²) in [5, 5.41) is 14.2. The van der Waals surface area contributed by atoms with Crippen LogP contribution in [0.2, 0.25) is 0 Å². The highest BCUT2D eigenvalue weighted by Crippen LogP contribution is 2.20. The van der Waals surface area contributed by atoms with E-state index < -0.39 is 0 Å². The topological polar surface area (TPSA) is 81.9 Å². The Labute approximate surface area is 157 Å². The predicted octanol–water partition coefficient (Wildman–Crippen LogP) is 3.32. The monoisotopic (exact) mass is 363 g/mol. The molecule has 0 bridgehead atoms. The number of aromatic nitrogens is 4. The van der Waals surface area contributed by atoms with E-state index in [-0.39, 0.29) is 5.91 Å². The number of anilines is 1. The number of para-hydroxylation sites is 1. The number of carbonyl (C=O) groups is 1. The molecule has 0 saturated heterocycles. The standard InChI is InChI=1S/C20H21N5O2/c1-3-14-27-18-7-5-4-6-15(18)10-13-19(26)21-17-11-8-16(9-12-17)20-22-23-24-25(20)2/h4-13H,3,14H2,1-2H3,(H,21,26)/b13-10+. The van der Waals surface area contributed by atoms with Crippen LogP contribution in [0.1, 0.15) is 18.9 Å². The Bertz CT molecular complexity index is 932. The number of hydrogen-bond donors (Lipinski definition) is 1. The summed E-state index contributed by atoms with van der Waals surface area (Å²) in [6.07, 6.45) is 4.17. The van der Waals surface area contributed by atoms with Crippen LogP contribution in [-0.2, 0) is 11.8 Å². The van der Waals surface area contributed by atoms with E-state index in [0.717, 1.165) is 23.3 Å². The van der Waals surface area contributed by atoms with Crippen molar-refractivity contribution in [2.24, 2.45) is 7.05 Å². The number of tetrazole rings is 1. The number of aryl methyl sites for hydroxylation is 1. The molecule has 0 radical (unpaired) electrons. The minimum absolute atomic E-state index is 0.214. The molecule has 0 aliphatic rings. The average molecular weight is 363 g/mol. The van der Waals surface area contributed by atoms with Gasteiger partial charge in [0, 0.05) is 29.9 Å². The second-order valence-electron chi connectivity index (χ2n) is 5.91. The van der Waals surface area contributed by atoms with Crippen molar-refractivity contribution < 1.29 is 9.53 Å². The van der Waals surface area contributed by atoms with Crippen molar-refractivity contribution in [1.82, 2.24) is 20.2 Å². The van der Waals surface area contributed by atoms with Gasteiger partial charge in [0.15, 0.2) is 5.82 Å². The van der Waals surface area contributed by atoms with Crippen LogP contribution in [0.4, 0.5) is 5.69 Å². The summed E-state index contributed by atoms with van der Waals surface area (Å²) in [4.78, 5) is 12.2. The molecule has 0 spiro atoms. The lowest BCUT2D eigenvalue weighted by Crippen LogP contribution is -2.07. The third-order valence-electron chi connectivity index (χ3n) is 3.83. The maximum absolute atomic E-state index is 12.2. The van der Waals surface area contributed by atoms with Crippen LogP contribution in [-0.4, -0.2) is 32.7 Å². The summed E-state index contributed by atoms with van der Waals surface area (Å²) in [5.41, 5.74) is 2.43. The van der Waals surface area contributed by atoms with E-state index in [1.165, 1.54) is 6.08 Å². The Kier molecular flexibility index (Phi) is 5.94. The molecule has 0 aliphatic heterocycles. The van der Waals surface area contributed by atoms with Crippen LogP contribution in [0, 0.1) is 0 Å². The van der Waals surface area contributed by atoms with Gasteiger partial charge in [0.05, 0.1) is 6.61 Å². The molecule has 1 N–H and O–H groups in total. The maximum atomic E-state index is 12.2. The molecule has 0 unspecified atom stereocenters. The summed E-state index contributed by atoms with van der Waals surface area (Å²) in [7, 11) is 1.78. The molecule has 27 heavy (non-hydrogen) atoms. The number of rotatable bonds is 7. The minimum atomic E-state index is -0.214. The van der Waals surface area contributed by atoms with Gasteiger partial charge in [-0.1, -0.05) is 25.1 Å². The molecule has 1 aromatic heterocycles. The Hall–Kier alpha value is -3.48. The van der Waals surface area contributed by atoms with Gasteiger partial charge >= 0.3 is 0 Å². The zero-order valence-electron chi connectivity index (χ0n) is 15.3. The number of nitrogens with one attached hydrogen (secondary N) is 1. The van der Waals surface area contributed by atoms with E-state index in [1.807, 2.05) is 48.5 Å². The number of benzene rings is 2. The van der Waals surface area contributed by atoms with Gasteiger partial charge in [-0.3, -0.25) is 4.79 Å². The molecular formula is C20H21N5O2. The van der Waals surface area contributed by atoms with Crippen LogP contribution < -0.4 is 10.1 Å². The molecule has 7 nitrogen and oxygen atoms in total. The van der Waals surface area contributed by atoms with Crippen molar-refractivity contribution in [3.8, 4) is 17.1 Å². The van der Waals surface area contributed by atoms with Crippen LogP contribution in [0.25, 0.3) is 17.5 Å². The first-order valence-corrected chi connectivity index (χ1v) is 8.71. The molecule has 3 rings (SSSR count). The third-order valence-corrected chi connectivity index (χ3v) is 3.83. The molecule has 1 heterocycles. The van der Waals surface area contributed by atoms with Crippen LogP contribution in [0.3, 0.4) is 0 Å². The van der Waals surface area contributed by atoms with Gasteiger partial charge < -0.3 is 10.1 Å². The van der Waals surface area contributed by atoms with E-state index in [9.17, 15) is 4.79 Å². The Morgan fingerprint density at radius 1 is 1.19 bits per heavy atom. The fraction of sp³-hybridized carbons (Fsp3) is 0.200. The van der Waals surface area contributed by atoms with E-state index in [2.05, 4.69) is 27.8 Å². The molecule has 3 aromatic rings. The van der Waals surface area contributed by atoms with Crippen molar-refractivity contribution in [1.29, 1.82) is 0 Å². The van der Waals surface area contributed by atoms with Gasteiger partial charge in [-0.25, -0.2) is 4.68 Å². The summed E-state index contributed by atoms with van der Waals surface area (Å²) in [5.74, 6) is 1.22. The molecule has 138 valence electrons. The normalized spacial score (nSPS) is 10.9. The quantitative estimate of drug-likeness (QED) is 0.651. The lowest BCUT2D eigenvalue weighted by Gasteiger charge is -2.07. The zero-order valence-corrected chi connectivity index (χ0v) is 15.3. The van der Waals surface area contributed by atoms with Crippen molar-refractivity contribution in [3.63, 3.8) is 0 Å². The van der Waals surface area contributed by atoms with Gasteiger partial charge in [0.25, 0.3) is 0 Å². The van der Waals surface area contributed by atoms with E-state index in [0.29, 0.717) is 18.1 Å². The van der Waals surface area contributed by atoms with E-state index >= 15 is 0 Å². The van der Waals surface area contributed by atoms with Gasteiger partial charge in [-0.15, -0.1) is 5.10 Å². The number of carbonyl (C=O) groups excluding carboxylic acids is 1. The minimum Gasteiger partial charge on any atom is -0.493 e. The highest BCUT2D eigenvalue weighted by molar-refractivity contribution is 6.02. The van der Waals surface area contributed by atoms with Gasteiger partial charge in [0.2, 0.25) is 5.91 Å². The summed E-state index contributed by atoms with van der Waals surface area (Å²) in [6, 6.07) is 15.0. The lowest BCUT2D eigenvalue weighted by molar-refractivity contribution is -0.111. The third kappa shape index (κ3) is 4.78. The smallest absolute Gasteiger partial charge is 0.248 e. The molecule has 0 aliphatic carbocycles. The van der Waals surface area contributed by atoms with Crippen LogP contribution in [0.15, 0.2) is 54.6 Å². The first kappa shape index (κ1) is 18.3. The van der Waals surface area contributed by atoms with E-state index in [1.54, 1.807) is 17.8 Å².